The van der Waals surface area contributed by atoms with Gasteiger partial charge < -0.3 is 4.74 Å². The lowest BCUT2D eigenvalue weighted by Crippen LogP contribution is -2.05. The van der Waals surface area contributed by atoms with Crippen LogP contribution in [-0.4, -0.2) is 6.10 Å². The van der Waals surface area contributed by atoms with E-state index >= 15 is 0 Å². The topological polar surface area (TPSA) is 9.23 Å². The number of para-hydroxylation sites is 1. The van der Waals surface area contributed by atoms with Crippen molar-refractivity contribution >= 4 is 0 Å². The summed E-state index contributed by atoms with van der Waals surface area (Å²) in [5.41, 5.74) is 6.93. The highest BCUT2D eigenvalue weighted by Crippen LogP contribution is 2.27. The van der Waals surface area contributed by atoms with Crippen LogP contribution < -0.4 is 4.74 Å². The summed E-state index contributed by atoms with van der Waals surface area (Å²) in [7, 11) is 0. The molecule has 1 nitrogen and oxygen atoms in total. The lowest BCUT2D eigenvalue weighted by atomic mass is 10.0. The molecule has 0 spiro atoms. The fraction of sp³-hybridized carbons (Fsp3) is 0.368. The highest BCUT2D eigenvalue weighted by molar-refractivity contribution is 5.37. The monoisotopic (exact) mass is 268 g/mol. The molecule has 0 aromatic heterocycles. The highest BCUT2D eigenvalue weighted by Gasteiger charge is 2.16. The normalized spacial score (nSPS) is 15.9. The van der Waals surface area contributed by atoms with Crippen LogP contribution in [0.5, 0.6) is 5.75 Å². The summed E-state index contributed by atoms with van der Waals surface area (Å²) in [6.07, 6.45) is 1.44. The Hall–Kier alpha value is -1.76. The van der Waals surface area contributed by atoms with Crippen LogP contribution in [0.2, 0.25) is 0 Å². The van der Waals surface area contributed by atoms with Crippen LogP contribution in [-0.2, 0) is 6.42 Å². The van der Waals surface area contributed by atoms with E-state index in [0.717, 1.165) is 12.2 Å². The van der Waals surface area contributed by atoms with E-state index < -0.39 is 0 Å². The zero-order valence-corrected chi connectivity index (χ0v) is 13.2. The number of aryl methyl sites for hydroxylation is 3. The molecule has 1 atom stereocenters. The van der Waals surface area contributed by atoms with Crippen LogP contribution >= 0.6 is 0 Å². The molecule has 0 amide bonds. The van der Waals surface area contributed by atoms with Crippen LogP contribution in [0.15, 0.2) is 36.4 Å². The van der Waals surface area contributed by atoms with Crippen molar-refractivity contribution in [1.82, 2.24) is 0 Å². The summed E-state index contributed by atoms with van der Waals surface area (Å²) in [5, 5.41) is 0. The van der Waals surface area contributed by atoms with Crippen molar-refractivity contribution in [2.75, 3.05) is 0 Å². The Kier molecular flexibility index (Phi) is 4.49. The van der Waals surface area contributed by atoms with E-state index in [2.05, 4.69) is 58.9 Å². The van der Waals surface area contributed by atoms with E-state index in [-0.39, 0.29) is 0 Å². The van der Waals surface area contributed by atoms with E-state index in [9.17, 15) is 0 Å². The molecule has 1 aliphatic heterocycles. The first-order valence-electron chi connectivity index (χ1n) is 7.26. The third-order valence-corrected chi connectivity index (χ3v) is 3.88. The standard InChI is InChI=1S/C10H14.C9H10O/c1-7-5-8(2)10(4)9(3)6-7;1-7-6-8-4-2-3-5-9(8)10-7/h5-6H,1-4H3;2-5,7H,6H2,1H3. The van der Waals surface area contributed by atoms with Crippen LogP contribution in [0, 0.1) is 27.7 Å². The average Bonchev–Trinajstić information content (AvgIpc) is 2.76. The van der Waals surface area contributed by atoms with Gasteiger partial charge in [0, 0.05) is 6.42 Å². The molecule has 1 aliphatic rings. The number of hydrogen-bond donors (Lipinski definition) is 0. The highest BCUT2D eigenvalue weighted by atomic mass is 16.5. The fourth-order valence-corrected chi connectivity index (χ4v) is 2.61. The van der Waals surface area contributed by atoms with Gasteiger partial charge in [0.1, 0.15) is 11.9 Å². The van der Waals surface area contributed by atoms with Gasteiger partial charge in [-0.1, -0.05) is 35.9 Å². The van der Waals surface area contributed by atoms with Crippen molar-refractivity contribution in [3.63, 3.8) is 0 Å². The predicted molar refractivity (Wildman–Crippen MR) is 85.6 cm³/mol. The summed E-state index contributed by atoms with van der Waals surface area (Å²) in [6.45, 7) is 10.7. The number of fused-ring (bicyclic) bond motifs is 1. The molecule has 3 rings (SSSR count). The summed E-state index contributed by atoms with van der Waals surface area (Å²) in [5.74, 6) is 1.06. The molecule has 1 heterocycles. The van der Waals surface area contributed by atoms with Gasteiger partial charge in [-0.2, -0.15) is 0 Å². The molecule has 1 unspecified atom stereocenters. The molecular formula is C19H24O. The van der Waals surface area contributed by atoms with Crippen LogP contribution in [0.4, 0.5) is 0 Å². The molecule has 0 bridgehead atoms. The Labute approximate surface area is 122 Å². The van der Waals surface area contributed by atoms with Crippen molar-refractivity contribution in [2.24, 2.45) is 0 Å². The Morgan fingerprint density at radius 3 is 2.15 bits per heavy atom. The van der Waals surface area contributed by atoms with Gasteiger partial charge in [-0.3, -0.25) is 0 Å². The van der Waals surface area contributed by atoms with E-state index in [4.69, 9.17) is 4.74 Å². The van der Waals surface area contributed by atoms with E-state index in [1.807, 2.05) is 12.1 Å². The zero-order chi connectivity index (χ0) is 14.7. The van der Waals surface area contributed by atoms with Gasteiger partial charge in [0.25, 0.3) is 0 Å². The summed E-state index contributed by atoms with van der Waals surface area (Å²) < 4.78 is 5.51. The van der Waals surface area contributed by atoms with Crippen molar-refractivity contribution in [2.45, 2.75) is 47.1 Å². The van der Waals surface area contributed by atoms with Crippen molar-refractivity contribution in [3.8, 4) is 5.75 Å². The Morgan fingerprint density at radius 2 is 1.55 bits per heavy atom. The van der Waals surface area contributed by atoms with Gasteiger partial charge in [-0.05, 0) is 62.9 Å². The molecule has 106 valence electrons. The fourth-order valence-electron chi connectivity index (χ4n) is 2.61. The van der Waals surface area contributed by atoms with Gasteiger partial charge in [-0.25, -0.2) is 0 Å². The zero-order valence-electron chi connectivity index (χ0n) is 13.2. The third-order valence-electron chi connectivity index (χ3n) is 3.88. The van der Waals surface area contributed by atoms with Gasteiger partial charge in [-0.15, -0.1) is 0 Å². The first kappa shape index (κ1) is 14.6. The number of rotatable bonds is 0. The van der Waals surface area contributed by atoms with Crippen molar-refractivity contribution in [1.29, 1.82) is 0 Å². The molecule has 0 fully saturated rings. The van der Waals surface area contributed by atoms with Crippen LogP contribution in [0.1, 0.15) is 34.7 Å². The molecule has 2 aromatic carbocycles. The second-order valence-corrected chi connectivity index (χ2v) is 5.76. The largest absolute Gasteiger partial charge is 0.490 e. The van der Waals surface area contributed by atoms with Crippen molar-refractivity contribution < 1.29 is 4.74 Å². The summed E-state index contributed by atoms with van der Waals surface area (Å²) in [4.78, 5) is 0. The maximum atomic E-state index is 5.51. The smallest absolute Gasteiger partial charge is 0.123 e. The summed E-state index contributed by atoms with van der Waals surface area (Å²) in [6, 6.07) is 12.7. The molecule has 0 radical (unpaired) electrons. The SMILES string of the molecule is CC1Cc2ccccc2O1.Cc1cc(C)c(C)c(C)c1. The van der Waals surface area contributed by atoms with E-state index in [0.29, 0.717) is 6.10 Å². The number of benzene rings is 2. The molecule has 0 aliphatic carbocycles. The summed E-state index contributed by atoms with van der Waals surface area (Å²) >= 11 is 0. The first-order chi connectivity index (χ1) is 9.47. The van der Waals surface area contributed by atoms with Gasteiger partial charge >= 0.3 is 0 Å². The molecule has 0 saturated heterocycles. The predicted octanol–water partition coefficient (Wildman–Crippen LogP) is 4.93. The van der Waals surface area contributed by atoms with E-state index in [1.165, 1.54) is 27.8 Å². The van der Waals surface area contributed by atoms with E-state index in [1.54, 1.807) is 0 Å². The lowest BCUT2D eigenvalue weighted by molar-refractivity contribution is 0.254. The Morgan fingerprint density at radius 1 is 0.950 bits per heavy atom. The lowest BCUT2D eigenvalue weighted by Gasteiger charge is -2.04. The second-order valence-electron chi connectivity index (χ2n) is 5.76. The number of hydrogen-bond acceptors (Lipinski definition) is 1. The quantitative estimate of drug-likeness (QED) is 0.658. The minimum absolute atomic E-state index is 0.373. The molecule has 1 heteroatoms. The molecular weight excluding hydrogens is 244 g/mol. The molecule has 2 aromatic rings. The molecule has 0 N–H and O–H groups in total. The maximum absolute atomic E-state index is 5.51. The maximum Gasteiger partial charge on any atom is 0.123 e. The Balaban J connectivity index is 0.000000147. The third kappa shape index (κ3) is 3.41. The van der Waals surface area contributed by atoms with Crippen LogP contribution in [0.3, 0.4) is 0 Å². The number of ether oxygens (including phenoxy) is 1. The van der Waals surface area contributed by atoms with Crippen LogP contribution in [0.25, 0.3) is 0 Å². The molecule has 20 heavy (non-hydrogen) atoms. The molecule has 0 saturated carbocycles. The van der Waals surface area contributed by atoms with Gasteiger partial charge in [0.15, 0.2) is 0 Å². The minimum Gasteiger partial charge on any atom is -0.490 e. The average molecular weight is 268 g/mol. The van der Waals surface area contributed by atoms with Crippen molar-refractivity contribution in [3.05, 3.63) is 64.2 Å². The Bertz CT molecular complexity index is 550. The second kappa shape index (κ2) is 6.13. The minimum atomic E-state index is 0.373. The van der Waals surface area contributed by atoms with Gasteiger partial charge in [0.2, 0.25) is 0 Å². The first-order valence-corrected chi connectivity index (χ1v) is 7.26. The van der Waals surface area contributed by atoms with Gasteiger partial charge in [0.05, 0.1) is 0 Å².